The highest BCUT2D eigenvalue weighted by atomic mass is 35.5. The summed E-state index contributed by atoms with van der Waals surface area (Å²) in [6, 6.07) is 13.8. The van der Waals surface area contributed by atoms with Crippen LogP contribution in [0.3, 0.4) is 0 Å². The van der Waals surface area contributed by atoms with Crippen molar-refractivity contribution in [1.82, 2.24) is 14.9 Å². The molecule has 0 N–H and O–H groups in total. The largest absolute Gasteiger partial charge is 0.486 e. The number of nitrogens with zero attached hydrogens (tertiary/aromatic N) is 4. The third-order valence-electron chi connectivity index (χ3n) is 4.03. The Balaban J connectivity index is 1.52. The molecule has 0 bridgehead atoms. The topological polar surface area (TPSA) is 86.4 Å². The summed E-state index contributed by atoms with van der Waals surface area (Å²) in [4.78, 5) is 0.244. The average molecular weight is 435 g/mol. The van der Waals surface area contributed by atoms with Gasteiger partial charge in [0, 0.05) is 17.0 Å². The molecule has 2 aromatic carbocycles. The van der Waals surface area contributed by atoms with E-state index in [1.165, 1.54) is 18.4 Å². The third-order valence-corrected chi connectivity index (χ3v) is 6.34. The van der Waals surface area contributed by atoms with Crippen molar-refractivity contribution in [3.8, 4) is 5.75 Å². The van der Waals surface area contributed by atoms with Crippen LogP contribution >= 0.6 is 23.4 Å². The molecule has 1 aromatic heterocycles. The average Bonchev–Trinajstić information content (AvgIpc) is 3.09. The van der Waals surface area contributed by atoms with Gasteiger partial charge in [0.1, 0.15) is 12.4 Å². The second kappa shape index (κ2) is 7.57. The van der Waals surface area contributed by atoms with Gasteiger partial charge in [-0.2, -0.15) is 9.78 Å². The first-order valence-corrected chi connectivity index (χ1v) is 11.5. The number of halogens is 1. The monoisotopic (exact) mass is 434 g/mol. The molecule has 3 aromatic rings. The Morgan fingerprint density at radius 3 is 2.50 bits per heavy atom. The molecule has 7 nitrogen and oxygen atoms in total. The fourth-order valence-corrected chi connectivity index (χ4v) is 4.19. The molecular formula is C18H15ClN4O3S2. The summed E-state index contributed by atoms with van der Waals surface area (Å²) in [5.41, 5.74) is 1.88. The van der Waals surface area contributed by atoms with Gasteiger partial charge >= 0.3 is 0 Å². The van der Waals surface area contributed by atoms with Gasteiger partial charge in [-0.1, -0.05) is 35.5 Å². The van der Waals surface area contributed by atoms with E-state index in [0.29, 0.717) is 27.5 Å². The molecule has 10 heteroatoms. The highest BCUT2D eigenvalue weighted by molar-refractivity contribution is 7.99. The van der Waals surface area contributed by atoms with Crippen LogP contribution in [0.2, 0.25) is 5.02 Å². The van der Waals surface area contributed by atoms with E-state index in [4.69, 9.17) is 16.3 Å². The fourth-order valence-electron chi connectivity index (χ4n) is 2.57. The van der Waals surface area contributed by atoms with Crippen molar-refractivity contribution in [2.45, 2.75) is 16.7 Å². The Morgan fingerprint density at radius 2 is 1.82 bits per heavy atom. The second-order valence-corrected chi connectivity index (χ2v) is 9.48. The summed E-state index contributed by atoms with van der Waals surface area (Å²) in [6.45, 7) is 0.156. The molecule has 1 aliphatic rings. The molecule has 0 spiro atoms. The summed E-state index contributed by atoms with van der Waals surface area (Å²) >= 11 is 7.50. The maximum atomic E-state index is 11.5. The van der Waals surface area contributed by atoms with E-state index in [-0.39, 0.29) is 11.5 Å². The molecule has 1 aliphatic heterocycles. The Labute approximate surface area is 171 Å². The Morgan fingerprint density at radius 1 is 1.11 bits per heavy atom. The van der Waals surface area contributed by atoms with Crippen molar-refractivity contribution < 1.29 is 13.2 Å². The normalized spacial score (nSPS) is 13.7. The van der Waals surface area contributed by atoms with Crippen LogP contribution in [0.25, 0.3) is 0 Å². The summed E-state index contributed by atoms with van der Waals surface area (Å²) in [6.07, 6.45) is 1.17. The first-order chi connectivity index (χ1) is 13.4. The van der Waals surface area contributed by atoms with Crippen molar-refractivity contribution in [2.24, 2.45) is 5.10 Å². The van der Waals surface area contributed by atoms with Crippen LogP contribution in [0.5, 0.6) is 5.75 Å². The van der Waals surface area contributed by atoms with Gasteiger partial charge in [0.2, 0.25) is 5.16 Å². The summed E-state index contributed by atoms with van der Waals surface area (Å²) in [5, 5.41) is 14.3. The number of benzene rings is 2. The van der Waals surface area contributed by atoms with Gasteiger partial charge in [-0.15, -0.1) is 10.2 Å². The van der Waals surface area contributed by atoms with E-state index < -0.39 is 9.84 Å². The number of ether oxygens (including phenoxy) is 1. The molecule has 0 radical (unpaired) electrons. The van der Waals surface area contributed by atoms with Crippen LogP contribution in [-0.4, -0.2) is 41.0 Å². The van der Waals surface area contributed by atoms with Crippen molar-refractivity contribution in [1.29, 1.82) is 0 Å². The molecule has 0 aliphatic carbocycles. The van der Waals surface area contributed by atoms with E-state index in [0.717, 1.165) is 11.3 Å². The zero-order valence-corrected chi connectivity index (χ0v) is 17.1. The highest BCUT2D eigenvalue weighted by Gasteiger charge is 2.20. The van der Waals surface area contributed by atoms with E-state index in [9.17, 15) is 8.42 Å². The smallest absolute Gasteiger partial charge is 0.212 e. The fraction of sp³-hybridized carbons (Fsp3) is 0.167. The molecule has 0 fully saturated rings. The van der Waals surface area contributed by atoms with Crippen molar-refractivity contribution in [3.63, 3.8) is 0 Å². The maximum Gasteiger partial charge on any atom is 0.212 e. The zero-order chi connectivity index (χ0) is 19.7. The number of hydrogen-bond acceptors (Lipinski definition) is 7. The van der Waals surface area contributed by atoms with Crippen LogP contribution in [0.1, 0.15) is 11.4 Å². The van der Waals surface area contributed by atoms with Crippen molar-refractivity contribution in [3.05, 3.63) is 64.9 Å². The minimum absolute atomic E-state index is 0.156. The van der Waals surface area contributed by atoms with Gasteiger partial charge in [-0.05, 0) is 42.0 Å². The molecule has 0 saturated carbocycles. The molecular weight excluding hydrogens is 420 g/mol. The number of thioether (sulfide) groups is 1. The van der Waals surface area contributed by atoms with Gasteiger partial charge < -0.3 is 4.74 Å². The molecule has 0 amide bonds. The van der Waals surface area contributed by atoms with Crippen LogP contribution < -0.4 is 4.74 Å². The molecule has 28 heavy (non-hydrogen) atoms. The molecule has 144 valence electrons. The Hall–Kier alpha value is -2.36. The zero-order valence-electron chi connectivity index (χ0n) is 14.7. The number of hydrogen-bond donors (Lipinski definition) is 0. The molecule has 2 heterocycles. The molecule has 4 rings (SSSR count). The van der Waals surface area contributed by atoms with E-state index >= 15 is 0 Å². The van der Waals surface area contributed by atoms with E-state index in [1.54, 1.807) is 28.6 Å². The van der Waals surface area contributed by atoms with E-state index in [1.807, 2.05) is 24.3 Å². The van der Waals surface area contributed by atoms with Gasteiger partial charge in [0.05, 0.1) is 10.6 Å². The maximum absolute atomic E-state index is 11.5. The van der Waals surface area contributed by atoms with Gasteiger partial charge in [0.15, 0.2) is 15.7 Å². The third kappa shape index (κ3) is 4.06. The van der Waals surface area contributed by atoms with Gasteiger partial charge in [-0.3, -0.25) is 0 Å². The van der Waals surface area contributed by atoms with Gasteiger partial charge in [-0.25, -0.2) is 8.42 Å². The number of sulfone groups is 1. The number of aromatic nitrogens is 3. The molecule has 0 atom stereocenters. The minimum Gasteiger partial charge on any atom is -0.486 e. The number of rotatable bonds is 5. The first kappa shape index (κ1) is 19.0. The predicted octanol–water partition coefficient (Wildman–Crippen LogP) is 3.27. The Kier molecular flexibility index (Phi) is 5.13. The molecule has 0 unspecified atom stereocenters. The second-order valence-electron chi connectivity index (χ2n) is 6.09. The van der Waals surface area contributed by atoms with Crippen molar-refractivity contribution in [2.75, 3.05) is 12.0 Å². The van der Waals surface area contributed by atoms with Gasteiger partial charge in [0.25, 0.3) is 0 Å². The van der Waals surface area contributed by atoms with Crippen LogP contribution in [0.15, 0.2) is 63.7 Å². The van der Waals surface area contributed by atoms with Crippen molar-refractivity contribution >= 4 is 38.9 Å². The SMILES string of the molecule is CS(=O)(=O)c1ccc(OCc2nnc3n2N=C(c2ccc(Cl)cc2)CS3)cc1. The minimum atomic E-state index is -3.24. The van der Waals surface area contributed by atoms with Crippen LogP contribution in [0, 0.1) is 0 Å². The predicted molar refractivity (Wildman–Crippen MR) is 108 cm³/mol. The van der Waals surface area contributed by atoms with E-state index in [2.05, 4.69) is 15.3 Å². The lowest BCUT2D eigenvalue weighted by Gasteiger charge is -2.14. The summed E-state index contributed by atoms with van der Waals surface area (Å²) in [7, 11) is -3.24. The molecule has 0 saturated heterocycles. The van der Waals surface area contributed by atoms with Crippen LogP contribution in [0.4, 0.5) is 0 Å². The lowest BCUT2D eigenvalue weighted by molar-refractivity contribution is 0.289. The Bertz CT molecular complexity index is 1140. The quantitative estimate of drug-likeness (QED) is 0.612. The lowest BCUT2D eigenvalue weighted by Crippen LogP contribution is -2.15. The number of fused-ring (bicyclic) bond motifs is 1. The standard InChI is InChI=1S/C18H15ClN4O3S2/c1-28(24,25)15-8-6-14(7-9-15)26-10-17-20-21-18-23(17)22-16(11-27-18)12-2-4-13(19)5-3-12/h2-9H,10-11H2,1H3. The summed E-state index contributed by atoms with van der Waals surface area (Å²) < 4.78 is 30.5. The van der Waals surface area contributed by atoms with Crippen LogP contribution in [-0.2, 0) is 16.4 Å². The lowest BCUT2D eigenvalue weighted by atomic mass is 10.1. The highest BCUT2D eigenvalue weighted by Crippen LogP contribution is 2.25. The summed E-state index contributed by atoms with van der Waals surface area (Å²) in [5.74, 6) is 1.78. The first-order valence-electron chi connectivity index (χ1n) is 8.24.